The van der Waals surface area contributed by atoms with Crippen LogP contribution in [0.2, 0.25) is 0 Å². The van der Waals surface area contributed by atoms with Gasteiger partial charge < -0.3 is 10.4 Å². The number of carbonyl (C=O) groups excluding carboxylic acids is 1. The van der Waals surface area contributed by atoms with E-state index in [0.717, 1.165) is 16.2 Å². The molecule has 0 bridgehead atoms. The van der Waals surface area contributed by atoms with Gasteiger partial charge in [0.15, 0.2) is 0 Å². The summed E-state index contributed by atoms with van der Waals surface area (Å²) in [7, 11) is 0. The summed E-state index contributed by atoms with van der Waals surface area (Å²) >= 11 is 2.97. The Bertz CT molecular complexity index is 470. The van der Waals surface area contributed by atoms with Gasteiger partial charge in [-0.25, -0.2) is 4.79 Å². The van der Waals surface area contributed by atoms with Crippen LogP contribution < -0.4 is 5.32 Å². The first-order valence-corrected chi connectivity index (χ1v) is 7.62. The van der Waals surface area contributed by atoms with Gasteiger partial charge in [0.25, 0.3) is 5.91 Å². The molecule has 1 aromatic heterocycles. The average Bonchev–Trinajstić information content (AvgIpc) is 2.88. The van der Waals surface area contributed by atoms with Crippen molar-refractivity contribution >= 4 is 35.0 Å². The van der Waals surface area contributed by atoms with Gasteiger partial charge in [0.05, 0.1) is 4.88 Å². The third kappa shape index (κ3) is 2.40. The van der Waals surface area contributed by atoms with E-state index in [9.17, 15) is 14.7 Å². The number of rotatable bonds is 3. The minimum absolute atomic E-state index is 0.277. The largest absolute Gasteiger partial charge is 0.479 e. The third-order valence-corrected chi connectivity index (χ3v) is 5.51. The zero-order valence-corrected chi connectivity index (χ0v) is 11.9. The molecule has 0 aliphatic carbocycles. The van der Waals surface area contributed by atoms with Crippen LogP contribution >= 0.6 is 23.1 Å². The Hall–Kier alpha value is -1.01. The van der Waals surface area contributed by atoms with E-state index in [1.54, 1.807) is 11.8 Å². The molecule has 2 rings (SSSR count). The molecule has 1 aliphatic rings. The summed E-state index contributed by atoms with van der Waals surface area (Å²) in [5.74, 6) is -0.00102. The van der Waals surface area contributed by atoms with Gasteiger partial charge >= 0.3 is 5.97 Å². The van der Waals surface area contributed by atoms with E-state index >= 15 is 0 Å². The predicted molar refractivity (Wildman–Crippen MR) is 73.6 cm³/mol. The molecule has 1 aromatic rings. The first-order valence-electron chi connectivity index (χ1n) is 5.65. The van der Waals surface area contributed by atoms with Crippen molar-refractivity contribution in [2.45, 2.75) is 25.8 Å². The number of aliphatic carboxylic acids is 1. The van der Waals surface area contributed by atoms with E-state index in [1.807, 2.05) is 19.9 Å². The van der Waals surface area contributed by atoms with E-state index in [0.29, 0.717) is 17.1 Å². The normalized spacial score (nSPS) is 23.0. The highest BCUT2D eigenvalue weighted by Gasteiger charge is 2.43. The predicted octanol–water partition coefficient (Wildman–Crippen LogP) is 2.06. The minimum atomic E-state index is -1.09. The van der Waals surface area contributed by atoms with Crippen LogP contribution in [-0.2, 0) is 4.79 Å². The monoisotopic (exact) mass is 285 g/mol. The van der Waals surface area contributed by atoms with Crippen LogP contribution in [0.3, 0.4) is 0 Å². The molecule has 1 saturated heterocycles. The van der Waals surface area contributed by atoms with Crippen molar-refractivity contribution in [2.75, 3.05) is 11.5 Å². The SMILES string of the molecule is Cc1cc(C(=O)NC2(C(=O)O)CCSC2)sc1C. The molecule has 4 nitrogen and oxygen atoms in total. The standard InChI is InChI=1S/C12H15NO3S2/c1-7-5-9(18-8(7)2)10(14)13-12(11(15)16)3-4-17-6-12/h5H,3-4,6H2,1-2H3,(H,13,14)(H,15,16). The zero-order valence-electron chi connectivity index (χ0n) is 10.3. The molecule has 1 amide bonds. The maximum atomic E-state index is 12.1. The molecule has 1 atom stereocenters. The molecule has 2 heterocycles. The Labute approximate surface area is 114 Å². The highest BCUT2D eigenvalue weighted by molar-refractivity contribution is 7.99. The van der Waals surface area contributed by atoms with Crippen LogP contribution in [-0.4, -0.2) is 34.0 Å². The van der Waals surface area contributed by atoms with Gasteiger partial charge in [0, 0.05) is 10.6 Å². The first kappa shape index (κ1) is 13.4. The van der Waals surface area contributed by atoms with Crippen LogP contribution in [0.15, 0.2) is 6.07 Å². The summed E-state index contributed by atoms with van der Waals surface area (Å²) in [6.07, 6.45) is 0.488. The number of carboxylic acids is 1. The van der Waals surface area contributed by atoms with Crippen LogP contribution in [0.1, 0.15) is 26.5 Å². The molecule has 18 heavy (non-hydrogen) atoms. The van der Waals surface area contributed by atoms with E-state index in [2.05, 4.69) is 5.32 Å². The second kappa shape index (κ2) is 4.93. The summed E-state index contributed by atoms with van der Waals surface area (Å²) in [5, 5.41) is 12.0. The van der Waals surface area contributed by atoms with E-state index in [4.69, 9.17) is 0 Å². The lowest BCUT2D eigenvalue weighted by Crippen LogP contribution is -2.54. The topological polar surface area (TPSA) is 66.4 Å². The summed E-state index contributed by atoms with van der Waals surface area (Å²) in [6.45, 7) is 3.90. The number of hydrogen-bond acceptors (Lipinski definition) is 4. The van der Waals surface area contributed by atoms with Gasteiger partial charge in [-0.3, -0.25) is 4.79 Å². The van der Waals surface area contributed by atoms with Crippen molar-refractivity contribution in [3.8, 4) is 0 Å². The van der Waals surface area contributed by atoms with Gasteiger partial charge in [-0.15, -0.1) is 11.3 Å². The molecular weight excluding hydrogens is 270 g/mol. The lowest BCUT2D eigenvalue weighted by Gasteiger charge is -2.24. The molecule has 0 spiro atoms. The van der Waals surface area contributed by atoms with Gasteiger partial charge in [0.2, 0.25) is 0 Å². The van der Waals surface area contributed by atoms with Crippen molar-refractivity contribution in [1.29, 1.82) is 0 Å². The summed E-state index contributed by atoms with van der Waals surface area (Å²) < 4.78 is 0. The Morgan fingerprint density at radius 3 is 2.61 bits per heavy atom. The number of aryl methyl sites for hydroxylation is 2. The van der Waals surface area contributed by atoms with E-state index in [-0.39, 0.29) is 5.91 Å². The minimum Gasteiger partial charge on any atom is -0.479 e. The molecule has 2 N–H and O–H groups in total. The maximum absolute atomic E-state index is 12.1. The Kier molecular flexibility index (Phi) is 3.68. The molecule has 0 aromatic carbocycles. The van der Waals surface area contributed by atoms with Crippen molar-refractivity contribution in [1.82, 2.24) is 5.32 Å². The van der Waals surface area contributed by atoms with E-state index < -0.39 is 11.5 Å². The summed E-state index contributed by atoms with van der Waals surface area (Å²) in [4.78, 5) is 25.1. The number of carboxylic acid groups (broad SMARTS) is 1. The quantitative estimate of drug-likeness (QED) is 0.892. The fraction of sp³-hybridized carbons (Fsp3) is 0.500. The van der Waals surface area contributed by atoms with Crippen molar-refractivity contribution in [3.63, 3.8) is 0 Å². The van der Waals surface area contributed by atoms with Gasteiger partial charge in [-0.1, -0.05) is 0 Å². The molecule has 0 saturated carbocycles. The van der Waals surface area contributed by atoms with Crippen molar-refractivity contribution in [2.24, 2.45) is 0 Å². The molecule has 98 valence electrons. The van der Waals surface area contributed by atoms with Gasteiger partial charge in [0.1, 0.15) is 5.54 Å². The fourth-order valence-electron chi connectivity index (χ4n) is 1.85. The summed E-state index contributed by atoms with van der Waals surface area (Å²) in [6, 6.07) is 1.81. The number of thiophene rings is 1. The smallest absolute Gasteiger partial charge is 0.330 e. The molecule has 1 fully saturated rings. The number of thioether (sulfide) groups is 1. The molecule has 1 unspecified atom stereocenters. The number of hydrogen-bond donors (Lipinski definition) is 2. The molecule has 6 heteroatoms. The van der Waals surface area contributed by atoms with Crippen LogP contribution in [0.4, 0.5) is 0 Å². The number of nitrogens with one attached hydrogen (secondary N) is 1. The molecular formula is C12H15NO3S2. The lowest BCUT2D eigenvalue weighted by molar-refractivity contribution is -0.143. The third-order valence-electron chi connectivity index (χ3n) is 3.17. The van der Waals surface area contributed by atoms with Crippen LogP contribution in [0, 0.1) is 13.8 Å². The fourth-order valence-corrected chi connectivity index (χ4v) is 4.10. The van der Waals surface area contributed by atoms with Gasteiger partial charge in [-0.05, 0) is 37.7 Å². The highest BCUT2D eigenvalue weighted by atomic mass is 32.2. The second-order valence-electron chi connectivity index (χ2n) is 4.49. The summed E-state index contributed by atoms with van der Waals surface area (Å²) in [5.41, 5.74) is -0.0246. The molecule has 0 radical (unpaired) electrons. The first-order chi connectivity index (χ1) is 8.44. The Morgan fingerprint density at radius 2 is 2.17 bits per heavy atom. The number of amides is 1. The van der Waals surface area contributed by atoms with Crippen molar-refractivity contribution < 1.29 is 14.7 Å². The Morgan fingerprint density at radius 1 is 1.44 bits per heavy atom. The lowest BCUT2D eigenvalue weighted by atomic mass is 9.99. The highest BCUT2D eigenvalue weighted by Crippen LogP contribution is 2.29. The van der Waals surface area contributed by atoms with Crippen LogP contribution in [0.25, 0.3) is 0 Å². The maximum Gasteiger partial charge on any atom is 0.330 e. The molecule has 1 aliphatic heterocycles. The second-order valence-corrected chi connectivity index (χ2v) is 6.86. The average molecular weight is 285 g/mol. The van der Waals surface area contributed by atoms with E-state index in [1.165, 1.54) is 11.3 Å². The zero-order chi connectivity index (χ0) is 13.3. The van der Waals surface area contributed by atoms with Crippen molar-refractivity contribution in [3.05, 3.63) is 21.4 Å². The Balaban J connectivity index is 2.17. The van der Waals surface area contributed by atoms with Gasteiger partial charge in [-0.2, -0.15) is 11.8 Å². The number of carbonyl (C=O) groups is 2. The van der Waals surface area contributed by atoms with Crippen LogP contribution in [0.5, 0.6) is 0 Å².